The van der Waals surface area contributed by atoms with Crippen molar-refractivity contribution < 1.29 is 9.18 Å². The second-order valence-corrected chi connectivity index (χ2v) is 8.98. The van der Waals surface area contributed by atoms with Crippen LogP contribution in [0.1, 0.15) is 55.8 Å². The summed E-state index contributed by atoms with van der Waals surface area (Å²) >= 11 is 0. The van der Waals surface area contributed by atoms with Gasteiger partial charge in [-0.05, 0) is 36.5 Å². The van der Waals surface area contributed by atoms with Crippen molar-refractivity contribution in [1.82, 2.24) is 20.2 Å². The average Bonchev–Trinajstić information content (AvgIpc) is 3.16. The summed E-state index contributed by atoms with van der Waals surface area (Å²) in [5, 5.41) is 3.38. The van der Waals surface area contributed by atoms with Gasteiger partial charge in [0.2, 0.25) is 5.91 Å². The molecule has 2 aromatic rings. The molecule has 1 aromatic carbocycles. The average molecular weight is 498 g/mol. The molecule has 2 aliphatic rings. The fourth-order valence-corrected chi connectivity index (χ4v) is 4.63. The number of carbonyl (C=O) groups is 1. The van der Waals surface area contributed by atoms with Crippen LogP contribution >= 0.6 is 24.8 Å². The predicted octanol–water partition coefficient (Wildman–Crippen LogP) is 3.94. The molecule has 1 saturated heterocycles. The molecule has 2 heterocycles. The van der Waals surface area contributed by atoms with Crippen molar-refractivity contribution in [2.45, 2.75) is 51.5 Å². The standard InChI is InChI=1S/C24H32FN5O.2ClH/c1-16(2)26-14-20(18-5-7-19(25)8-6-18)24(31)30-12-10-29(11-13-30)23-22-17(3)4-9-21(22)27-15-28-23;;/h5-8,15-17,20,26H,4,9-14H2,1-3H3;2*1H. The van der Waals surface area contributed by atoms with Crippen LogP contribution in [0.4, 0.5) is 10.2 Å². The van der Waals surface area contributed by atoms with Crippen molar-refractivity contribution in [1.29, 1.82) is 0 Å². The Bertz CT molecular complexity index is 920. The van der Waals surface area contributed by atoms with Crippen LogP contribution in [-0.4, -0.2) is 59.5 Å². The third-order valence-corrected chi connectivity index (χ3v) is 6.44. The molecule has 9 heteroatoms. The SMILES string of the molecule is CC(C)NCC(C(=O)N1CCN(c2ncnc3c2C(C)CC3)CC1)c1ccc(F)cc1.Cl.Cl. The molecule has 0 saturated carbocycles. The van der Waals surface area contributed by atoms with Crippen molar-refractivity contribution in [3.05, 3.63) is 53.2 Å². The summed E-state index contributed by atoms with van der Waals surface area (Å²) in [5.41, 5.74) is 3.31. The first-order valence-corrected chi connectivity index (χ1v) is 11.3. The van der Waals surface area contributed by atoms with Crippen LogP contribution in [0, 0.1) is 5.82 Å². The minimum atomic E-state index is -0.321. The molecule has 4 rings (SSSR count). The molecule has 0 spiro atoms. The lowest BCUT2D eigenvalue weighted by Crippen LogP contribution is -2.51. The second kappa shape index (κ2) is 12.0. The minimum Gasteiger partial charge on any atom is -0.353 e. The maximum Gasteiger partial charge on any atom is 0.231 e. The summed E-state index contributed by atoms with van der Waals surface area (Å²) in [4.78, 5) is 26.7. The summed E-state index contributed by atoms with van der Waals surface area (Å²) in [6, 6.07) is 6.58. The number of nitrogens with zero attached hydrogens (tertiary/aromatic N) is 4. The van der Waals surface area contributed by atoms with Crippen LogP contribution in [0.5, 0.6) is 0 Å². The maximum absolute atomic E-state index is 13.4. The van der Waals surface area contributed by atoms with E-state index in [2.05, 4.69) is 41.0 Å². The Kier molecular flexibility index (Phi) is 9.88. The smallest absolute Gasteiger partial charge is 0.231 e. The molecule has 6 nitrogen and oxygen atoms in total. The molecule has 182 valence electrons. The van der Waals surface area contributed by atoms with Crippen LogP contribution < -0.4 is 10.2 Å². The van der Waals surface area contributed by atoms with Gasteiger partial charge < -0.3 is 15.1 Å². The van der Waals surface area contributed by atoms with E-state index in [1.807, 2.05) is 4.90 Å². The predicted molar refractivity (Wildman–Crippen MR) is 134 cm³/mol. The Morgan fingerprint density at radius 2 is 1.79 bits per heavy atom. The summed E-state index contributed by atoms with van der Waals surface area (Å²) in [6.07, 6.45) is 3.82. The van der Waals surface area contributed by atoms with Gasteiger partial charge in [-0.15, -0.1) is 24.8 Å². The van der Waals surface area contributed by atoms with Crippen LogP contribution in [0.15, 0.2) is 30.6 Å². The quantitative estimate of drug-likeness (QED) is 0.654. The number of piperazine rings is 1. The number of halogens is 3. The third kappa shape index (κ3) is 6.14. The van der Waals surface area contributed by atoms with Crippen LogP contribution in [0.3, 0.4) is 0 Å². The number of carbonyl (C=O) groups excluding carboxylic acids is 1. The number of benzene rings is 1. The van der Waals surface area contributed by atoms with E-state index in [0.29, 0.717) is 25.6 Å². The third-order valence-electron chi connectivity index (χ3n) is 6.44. The minimum absolute atomic E-state index is 0. The maximum atomic E-state index is 13.4. The highest BCUT2D eigenvalue weighted by molar-refractivity contribution is 5.86. The van der Waals surface area contributed by atoms with Gasteiger partial charge in [0.15, 0.2) is 0 Å². The van der Waals surface area contributed by atoms with Crippen molar-refractivity contribution in [3.8, 4) is 0 Å². The largest absolute Gasteiger partial charge is 0.353 e. The molecule has 1 aliphatic heterocycles. The molecular formula is C24H34Cl2FN5O. The summed E-state index contributed by atoms with van der Waals surface area (Å²) < 4.78 is 13.4. The zero-order valence-electron chi connectivity index (χ0n) is 19.5. The summed E-state index contributed by atoms with van der Waals surface area (Å²) in [6.45, 7) is 9.74. The van der Waals surface area contributed by atoms with Gasteiger partial charge in [-0.3, -0.25) is 4.79 Å². The summed E-state index contributed by atoms with van der Waals surface area (Å²) in [7, 11) is 0. The van der Waals surface area contributed by atoms with Crippen molar-refractivity contribution in [3.63, 3.8) is 0 Å². The zero-order valence-corrected chi connectivity index (χ0v) is 21.1. The molecule has 1 amide bonds. The van der Waals surface area contributed by atoms with Gasteiger partial charge in [0.1, 0.15) is 18.0 Å². The monoisotopic (exact) mass is 497 g/mol. The van der Waals surface area contributed by atoms with E-state index >= 15 is 0 Å². The zero-order chi connectivity index (χ0) is 22.0. The molecule has 1 aromatic heterocycles. The number of rotatable bonds is 6. The Hall–Kier alpha value is -1.96. The van der Waals surface area contributed by atoms with E-state index < -0.39 is 0 Å². The molecule has 2 unspecified atom stereocenters. The van der Waals surface area contributed by atoms with Crippen LogP contribution in [0.25, 0.3) is 0 Å². The molecular weight excluding hydrogens is 464 g/mol. The Balaban J connectivity index is 0.00000193. The lowest BCUT2D eigenvalue weighted by molar-refractivity contribution is -0.133. The van der Waals surface area contributed by atoms with Gasteiger partial charge in [-0.25, -0.2) is 14.4 Å². The molecule has 1 aliphatic carbocycles. The van der Waals surface area contributed by atoms with Gasteiger partial charge in [-0.1, -0.05) is 32.9 Å². The van der Waals surface area contributed by atoms with Gasteiger partial charge in [0.25, 0.3) is 0 Å². The molecule has 0 radical (unpaired) electrons. The summed E-state index contributed by atoms with van der Waals surface area (Å²) in [5.74, 6) is 1.01. The van der Waals surface area contributed by atoms with Crippen LogP contribution in [-0.2, 0) is 11.2 Å². The van der Waals surface area contributed by atoms with Crippen molar-refractivity contribution in [2.75, 3.05) is 37.6 Å². The number of aromatic nitrogens is 2. The molecule has 0 bridgehead atoms. The molecule has 33 heavy (non-hydrogen) atoms. The van der Waals surface area contributed by atoms with Crippen molar-refractivity contribution in [2.24, 2.45) is 0 Å². The highest BCUT2D eigenvalue weighted by Crippen LogP contribution is 2.37. The Labute approximate surface area is 208 Å². The number of amides is 1. The van der Waals surface area contributed by atoms with E-state index in [4.69, 9.17) is 0 Å². The van der Waals surface area contributed by atoms with E-state index in [1.54, 1.807) is 18.5 Å². The first kappa shape index (κ1) is 27.3. The van der Waals surface area contributed by atoms with E-state index in [9.17, 15) is 9.18 Å². The number of aryl methyl sites for hydroxylation is 1. The van der Waals surface area contributed by atoms with E-state index in [0.717, 1.165) is 37.3 Å². The number of anilines is 1. The lowest BCUT2D eigenvalue weighted by Gasteiger charge is -2.38. The van der Waals surface area contributed by atoms with Crippen molar-refractivity contribution >= 4 is 36.5 Å². The highest BCUT2D eigenvalue weighted by atomic mass is 35.5. The fourth-order valence-electron chi connectivity index (χ4n) is 4.63. The fraction of sp³-hybridized carbons (Fsp3) is 0.542. The van der Waals surface area contributed by atoms with E-state index in [1.165, 1.54) is 23.4 Å². The molecule has 2 atom stereocenters. The van der Waals surface area contributed by atoms with Crippen LogP contribution in [0.2, 0.25) is 0 Å². The number of nitrogens with one attached hydrogen (secondary N) is 1. The number of fused-ring (bicyclic) bond motifs is 1. The second-order valence-electron chi connectivity index (χ2n) is 8.98. The van der Waals surface area contributed by atoms with E-state index in [-0.39, 0.29) is 48.5 Å². The van der Waals surface area contributed by atoms with Gasteiger partial charge in [0.05, 0.1) is 5.92 Å². The van der Waals surface area contributed by atoms with Gasteiger partial charge >= 0.3 is 0 Å². The normalized spacial score (nSPS) is 18.4. The van der Waals surface area contributed by atoms with Gasteiger partial charge in [0, 0.05) is 50.0 Å². The number of hydrogen-bond donors (Lipinski definition) is 1. The number of hydrogen-bond acceptors (Lipinski definition) is 5. The molecule has 1 N–H and O–H groups in total. The topological polar surface area (TPSA) is 61.4 Å². The first-order valence-electron chi connectivity index (χ1n) is 11.3. The highest BCUT2D eigenvalue weighted by Gasteiger charge is 2.32. The Morgan fingerprint density at radius 3 is 2.42 bits per heavy atom. The molecule has 1 fully saturated rings. The first-order chi connectivity index (χ1) is 14.9. The van der Waals surface area contributed by atoms with Gasteiger partial charge in [-0.2, -0.15) is 0 Å². The Morgan fingerprint density at radius 1 is 1.12 bits per heavy atom. The lowest BCUT2D eigenvalue weighted by atomic mass is 9.96.